The van der Waals surface area contributed by atoms with Gasteiger partial charge in [-0.05, 0) is 25.0 Å². The minimum absolute atomic E-state index is 0.105. The monoisotopic (exact) mass is 393 g/mol. The van der Waals surface area contributed by atoms with Crippen LogP contribution < -0.4 is 4.72 Å². The van der Waals surface area contributed by atoms with Gasteiger partial charge in [0.05, 0.1) is 4.90 Å². The van der Waals surface area contributed by atoms with Gasteiger partial charge < -0.3 is 9.64 Å². The van der Waals surface area contributed by atoms with Crippen molar-refractivity contribution in [2.24, 2.45) is 4.99 Å². The van der Waals surface area contributed by atoms with E-state index in [4.69, 9.17) is 4.74 Å². The third-order valence-electron chi connectivity index (χ3n) is 4.90. The second-order valence-electron chi connectivity index (χ2n) is 6.72. The molecule has 1 saturated carbocycles. The van der Waals surface area contributed by atoms with E-state index < -0.39 is 16.0 Å². The molecule has 0 atom stereocenters. The number of nitrogens with one attached hydrogen (secondary N) is 1. The lowest BCUT2D eigenvalue weighted by molar-refractivity contribution is -0.151. The molecule has 1 heterocycles. The van der Waals surface area contributed by atoms with E-state index in [-0.39, 0.29) is 35.8 Å². The highest BCUT2D eigenvalue weighted by Gasteiger charge is 2.30. The first-order valence-corrected chi connectivity index (χ1v) is 10.4. The molecule has 1 amide bonds. The number of fused-ring (bicyclic) bond motifs is 1. The molecule has 146 valence electrons. The highest BCUT2D eigenvalue weighted by molar-refractivity contribution is 7.90. The third-order valence-corrected chi connectivity index (χ3v) is 6.30. The molecule has 0 unspecified atom stereocenters. The van der Waals surface area contributed by atoms with E-state index >= 15 is 0 Å². The first-order chi connectivity index (χ1) is 12.9. The maximum absolute atomic E-state index is 12.2. The molecule has 0 saturated heterocycles. The van der Waals surface area contributed by atoms with Gasteiger partial charge in [-0.15, -0.1) is 0 Å². The number of esters is 1. The predicted molar refractivity (Wildman–Crippen MR) is 98.8 cm³/mol. The second kappa shape index (κ2) is 8.08. The summed E-state index contributed by atoms with van der Waals surface area (Å²) in [6.45, 7) is -0.703. The van der Waals surface area contributed by atoms with Crippen LogP contribution in [0.15, 0.2) is 34.2 Å². The number of amides is 1. The van der Waals surface area contributed by atoms with E-state index in [1.807, 2.05) is 0 Å². The highest BCUT2D eigenvalue weighted by atomic mass is 32.2. The molecule has 1 N–H and O–H groups in total. The number of ether oxygens (including phenoxy) is 1. The molecule has 1 aromatic rings. The molecule has 0 spiro atoms. The van der Waals surface area contributed by atoms with Crippen molar-refractivity contribution in [2.75, 3.05) is 20.2 Å². The number of likely N-dealkylation sites (N-methyl/N-ethyl adjacent to an activating group) is 1. The zero-order valence-corrected chi connectivity index (χ0v) is 16.0. The van der Waals surface area contributed by atoms with Gasteiger partial charge in [0.1, 0.15) is 12.4 Å². The Morgan fingerprint density at radius 1 is 1.22 bits per heavy atom. The Hall–Kier alpha value is -2.42. The number of aliphatic imine (C=N–C) groups is 1. The number of sulfonamides is 1. The predicted octanol–water partition coefficient (Wildman–Crippen LogP) is 1.06. The van der Waals surface area contributed by atoms with Crippen LogP contribution in [0.3, 0.4) is 0 Å². The quantitative estimate of drug-likeness (QED) is 0.753. The van der Waals surface area contributed by atoms with Gasteiger partial charge in [0.25, 0.3) is 15.9 Å². The van der Waals surface area contributed by atoms with Gasteiger partial charge >= 0.3 is 5.97 Å². The van der Waals surface area contributed by atoms with Crippen LogP contribution in [-0.4, -0.2) is 57.3 Å². The Bertz CT molecular complexity index is 860. The Balaban J connectivity index is 1.53. The first kappa shape index (κ1) is 19.3. The van der Waals surface area contributed by atoms with Gasteiger partial charge in [-0.2, -0.15) is 0 Å². The van der Waals surface area contributed by atoms with Gasteiger partial charge in [-0.3, -0.25) is 19.3 Å². The average Bonchev–Trinajstić information content (AvgIpc) is 2.95. The molecule has 1 aromatic carbocycles. The maximum Gasteiger partial charge on any atom is 0.328 e. The van der Waals surface area contributed by atoms with Gasteiger partial charge in [0.2, 0.25) is 0 Å². The van der Waals surface area contributed by atoms with Crippen molar-refractivity contribution < 1.29 is 22.7 Å². The summed E-state index contributed by atoms with van der Waals surface area (Å²) in [6.07, 6.45) is 5.36. The van der Waals surface area contributed by atoms with Gasteiger partial charge in [0.15, 0.2) is 6.61 Å². The second-order valence-corrected chi connectivity index (χ2v) is 8.37. The molecule has 0 radical (unpaired) electrons. The molecule has 9 heteroatoms. The summed E-state index contributed by atoms with van der Waals surface area (Å²) in [7, 11) is -1.91. The van der Waals surface area contributed by atoms with Gasteiger partial charge in [0, 0.05) is 18.7 Å². The van der Waals surface area contributed by atoms with E-state index in [0.29, 0.717) is 5.56 Å². The number of benzene rings is 1. The normalized spacial score (nSPS) is 20.0. The topological polar surface area (TPSA) is 105 Å². The van der Waals surface area contributed by atoms with Crippen LogP contribution in [0.2, 0.25) is 0 Å². The number of hydrogen-bond donors (Lipinski definition) is 1. The van der Waals surface area contributed by atoms with Gasteiger partial charge in [-0.1, -0.05) is 31.4 Å². The summed E-state index contributed by atoms with van der Waals surface area (Å²) >= 11 is 0. The van der Waals surface area contributed by atoms with Crippen LogP contribution in [-0.2, 0) is 24.3 Å². The standard InChI is InChI=1S/C18H23N3O5S/c1-21(13-7-3-2-4-8-13)16(22)12-26-17(23)11-19-18-14-9-5-6-10-15(14)27(24,25)20-18/h5-6,9-10,13H,2-4,7-8,11-12H2,1H3,(H,19,20). The number of carbonyl (C=O) groups excluding carboxylic acids is 2. The summed E-state index contributed by atoms with van der Waals surface area (Å²) in [5, 5.41) is 0. The number of rotatable bonds is 5. The third kappa shape index (κ3) is 4.47. The fourth-order valence-corrected chi connectivity index (χ4v) is 4.61. The molecule has 27 heavy (non-hydrogen) atoms. The summed E-state index contributed by atoms with van der Waals surface area (Å²) in [6, 6.07) is 6.59. The number of nitrogens with zero attached hydrogens (tertiary/aromatic N) is 2. The molecule has 1 fully saturated rings. The molecule has 1 aliphatic heterocycles. The fourth-order valence-electron chi connectivity index (χ4n) is 3.36. The average molecular weight is 393 g/mol. The lowest BCUT2D eigenvalue weighted by atomic mass is 9.94. The van der Waals surface area contributed by atoms with Crippen molar-refractivity contribution >= 4 is 27.7 Å². The molecule has 3 rings (SSSR count). The van der Waals surface area contributed by atoms with Crippen molar-refractivity contribution in [2.45, 2.75) is 43.0 Å². The number of amidine groups is 1. The Morgan fingerprint density at radius 3 is 2.67 bits per heavy atom. The maximum atomic E-state index is 12.2. The summed E-state index contributed by atoms with van der Waals surface area (Å²) in [4.78, 5) is 29.9. The van der Waals surface area contributed by atoms with Gasteiger partial charge in [-0.25, -0.2) is 8.42 Å². The smallest absolute Gasteiger partial charge is 0.328 e. The largest absolute Gasteiger partial charge is 0.454 e. The molecule has 0 aromatic heterocycles. The summed E-state index contributed by atoms with van der Waals surface area (Å²) in [5.41, 5.74) is 0.415. The summed E-state index contributed by atoms with van der Waals surface area (Å²) in [5.74, 6) is -0.820. The molecule has 0 bridgehead atoms. The molecule has 1 aliphatic carbocycles. The van der Waals surface area contributed by atoms with Crippen LogP contribution in [0.5, 0.6) is 0 Å². The van der Waals surface area contributed by atoms with Crippen molar-refractivity contribution in [1.82, 2.24) is 9.62 Å². The van der Waals surface area contributed by atoms with E-state index in [1.165, 1.54) is 12.5 Å². The molecular formula is C18H23N3O5S. The Morgan fingerprint density at radius 2 is 1.93 bits per heavy atom. The van der Waals surface area contributed by atoms with Crippen LogP contribution in [0, 0.1) is 0 Å². The van der Waals surface area contributed by atoms with Crippen LogP contribution in [0.4, 0.5) is 0 Å². The molecule has 8 nitrogen and oxygen atoms in total. The lowest BCUT2D eigenvalue weighted by Gasteiger charge is -2.31. The van der Waals surface area contributed by atoms with Crippen molar-refractivity contribution in [3.8, 4) is 0 Å². The van der Waals surface area contributed by atoms with Crippen LogP contribution in [0.25, 0.3) is 0 Å². The Kier molecular flexibility index (Phi) is 5.79. The zero-order valence-electron chi connectivity index (χ0n) is 15.2. The summed E-state index contributed by atoms with van der Waals surface area (Å²) < 4.78 is 31.3. The van der Waals surface area contributed by atoms with Crippen LogP contribution in [0.1, 0.15) is 37.7 Å². The zero-order chi connectivity index (χ0) is 19.4. The lowest BCUT2D eigenvalue weighted by Crippen LogP contribution is -2.40. The minimum Gasteiger partial charge on any atom is -0.454 e. The van der Waals surface area contributed by atoms with Crippen molar-refractivity contribution in [3.05, 3.63) is 29.8 Å². The molecular weight excluding hydrogens is 370 g/mol. The minimum atomic E-state index is -3.65. The van der Waals surface area contributed by atoms with Crippen molar-refractivity contribution in [1.29, 1.82) is 0 Å². The van der Waals surface area contributed by atoms with Crippen molar-refractivity contribution in [3.63, 3.8) is 0 Å². The van der Waals surface area contributed by atoms with E-state index in [9.17, 15) is 18.0 Å². The van der Waals surface area contributed by atoms with E-state index in [2.05, 4.69) is 9.71 Å². The number of carbonyl (C=O) groups is 2. The first-order valence-electron chi connectivity index (χ1n) is 8.96. The van der Waals surface area contributed by atoms with E-state index in [1.54, 1.807) is 30.1 Å². The van der Waals surface area contributed by atoms with Crippen LogP contribution >= 0.6 is 0 Å². The highest BCUT2D eigenvalue weighted by Crippen LogP contribution is 2.22. The SMILES string of the molecule is CN(C(=O)COC(=O)CN=C1NS(=O)(=O)c2ccccc21)C1CCCCC1. The number of hydrogen-bond acceptors (Lipinski definition) is 6. The van der Waals surface area contributed by atoms with E-state index in [0.717, 1.165) is 25.7 Å². The molecule has 2 aliphatic rings. The fraction of sp³-hybridized carbons (Fsp3) is 0.500. The Labute approximate surface area is 158 Å².